The highest BCUT2D eigenvalue weighted by Gasteiger charge is 2.32. The molecule has 110 valence electrons. The summed E-state index contributed by atoms with van der Waals surface area (Å²) in [4.78, 5) is 24.5. The van der Waals surface area contributed by atoms with Crippen LogP contribution in [0.4, 0.5) is 0 Å². The molecule has 21 heavy (non-hydrogen) atoms. The van der Waals surface area contributed by atoms with E-state index in [1.54, 1.807) is 24.3 Å². The zero-order valence-electron chi connectivity index (χ0n) is 10.5. The Hall–Kier alpha value is -1.08. The molecule has 0 radical (unpaired) electrons. The molecule has 8 heteroatoms. The largest absolute Gasteiger partial charge is 0.481 e. The van der Waals surface area contributed by atoms with Gasteiger partial charge < -0.3 is 5.11 Å². The number of benzene rings is 1. The first kappa shape index (κ1) is 16.3. The van der Waals surface area contributed by atoms with Crippen molar-refractivity contribution in [3.63, 3.8) is 0 Å². The van der Waals surface area contributed by atoms with Gasteiger partial charge in [0.2, 0.25) is 0 Å². The predicted molar refractivity (Wildman–Crippen MR) is 88.6 cm³/mol. The Morgan fingerprint density at radius 2 is 2.00 bits per heavy atom. The van der Waals surface area contributed by atoms with E-state index in [9.17, 15) is 9.59 Å². The maximum Gasteiger partial charge on any atom is 0.305 e. The average molecular weight is 362 g/mol. The lowest BCUT2D eigenvalue weighted by molar-refractivity contribution is -0.137. The smallest absolute Gasteiger partial charge is 0.305 e. The monoisotopic (exact) mass is 361 g/mol. The van der Waals surface area contributed by atoms with Crippen molar-refractivity contribution < 1.29 is 14.7 Å². The summed E-state index contributed by atoms with van der Waals surface area (Å²) in [7, 11) is 0. The number of nitrogens with zero attached hydrogens (tertiary/aromatic N) is 1. The summed E-state index contributed by atoms with van der Waals surface area (Å²) in [5.41, 5.74) is 0.541. The molecule has 1 amide bonds. The molecule has 1 aromatic rings. The molecular formula is C13H9Cl2NO3S2. The Morgan fingerprint density at radius 1 is 1.38 bits per heavy atom. The second-order valence-corrected chi connectivity index (χ2v) is 6.60. The molecule has 2 rings (SSSR count). The topological polar surface area (TPSA) is 57.6 Å². The van der Waals surface area contributed by atoms with Crippen LogP contribution in [0.15, 0.2) is 23.1 Å². The lowest BCUT2D eigenvalue weighted by atomic mass is 10.2. The highest BCUT2D eigenvalue weighted by Crippen LogP contribution is 2.35. The molecule has 1 aliphatic heterocycles. The fourth-order valence-electron chi connectivity index (χ4n) is 1.68. The number of amides is 1. The SMILES string of the molecule is O=C(O)CCN1C(=O)C(=Cc2c(Cl)cccc2Cl)SC1=S. The van der Waals surface area contributed by atoms with Crippen molar-refractivity contribution in [3.05, 3.63) is 38.7 Å². The minimum Gasteiger partial charge on any atom is -0.481 e. The molecule has 1 fully saturated rings. The number of rotatable bonds is 4. The zero-order chi connectivity index (χ0) is 15.6. The van der Waals surface area contributed by atoms with Crippen molar-refractivity contribution >= 4 is 69.5 Å². The molecule has 1 aromatic carbocycles. The molecule has 0 atom stereocenters. The Morgan fingerprint density at radius 3 is 2.57 bits per heavy atom. The van der Waals surface area contributed by atoms with E-state index in [0.717, 1.165) is 11.8 Å². The van der Waals surface area contributed by atoms with Crippen molar-refractivity contribution in [2.45, 2.75) is 6.42 Å². The van der Waals surface area contributed by atoms with Crippen LogP contribution in [0, 0.1) is 0 Å². The molecule has 1 saturated heterocycles. The maximum absolute atomic E-state index is 12.2. The Kier molecular flexibility index (Phi) is 5.27. The van der Waals surface area contributed by atoms with Crippen LogP contribution in [0.5, 0.6) is 0 Å². The first-order chi connectivity index (χ1) is 9.90. The van der Waals surface area contributed by atoms with Crippen LogP contribution in [0.1, 0.15) is 12.0 Å². The Bertz CT molecular complexity index is 641. The predicted octanol–water partition coefficient (Wildman–Crippen LogP) is 3.67. The van der Waals surface area contributed by atoms with Gasteiger partial charge in [-0.25, -0.2) is 0 Å². The van der Waals surface area contributed by atoms with Gasteiger partial charge in [-0.15, -0.1) is 0 Å². The molecule has 0 aromatic heterocycles. The van der Waals surface area contributed by atoms with Crippen LogP contribution in [0.2, 0.25) is 10.0 Å². The minimum atomic E-state index is -0.984. The number of thioether (sulfide) groups is 1. The van der Waals surface area contributed by atoms with Gasteiger partial charge >= 0.3 is 5.97 Å². The summed E-state index contributed by atoms with van der Waals surface area (Å²) < 4.78 is 0.329. The van der Waals surface area contributed by atoms with E-state index in [0.29, 0.717) is 24.8 Å². The van der Waals surface area contributed by atoms with E-state index in [-0.39, 0.29) is 18.9 Å². The molecule has 0 bridgehead atoms. The van der Waals surface area contributed by atoms with Gasteiger partial charge in [0.25, 0.3) is 5.91 Å². The standard InChI is InChI=1S/C13H9Cl2NO3S2/c14-8-2-1-3-9(15)7(8)6-10-12(19)16(13(20)21-10)5-4-11(17)18/h1-3,6H,4-5H2,(H,17,18). The van der Waals surface area contributed by atoms with E-state index >= 15 is 0 Å². The van der Waals surface area contributed by atoms with Crippen LogP contribution in [0.25, 0.3) is 6.08 Å². The van der Waals surface area contributed by atoms with Crippen molar-refractivity contribution in [2.75, 3.05) is 6.54 Å². The number of halogens is 2. The van der Waals surface area contributed by atoms with Crippen LogP contribution in [-0.4, -0.2) is 32.7 Å². The van der Waals surface area contributed by atoms with Gasteiger partial charge in [-0.05, 0) is 18.2 Å². The quantitative estimate of drug-likeness (QED) is 0.654. The summed E-state index contributed by atoms with van der Waals surface area (Å²) in [5, 5.41) is 9.54. The molecule has 0 spiro atoms. The van der Waals surface area contributed by atoms with Crippen molar-refractivity contribution in [1.82, 2.24) is 4.90 Å². The molecule has 0 unspecified atom stereocenters. The fourth-order valence-corrected chi connectivity index (χ4v) is 3.48. The highest BCUT2D eigenvalue weighted by molar-refractivity contribution is 8.26. The first-order valence-corrected chi connectivity index (χ1v) is 7.79. The number of thiocarbonyl (C=S) groups is 1. The molecule has 1 N–H and O–H groups in total. The van der Waals surface area contributed by atoms with Crippen molar-refractivity contribution in [2.24, 2.45) is 0 Å². The molecular weight excluding hydrogens is 353 g/mol. The summed E-state index contributed by atoms with van der Waals surface area (Å²) in [6, 6.07) is 5.05. The van der Waals surface area contributed by atoms with E-state index in [1.165, 1.54) is 4.90 Å². The molecule has 1 aliphatic rings. The third-order valence-corrected chi connectivity index (χ3v) is 4.73. The zero-order valence-corrected chi connectivity index (χ0v) is 13.7. The van der Waals surface area contributed by atoms with Gasteiger partial charge in [-0.3, -0.25) is 14.5 Å². The normalized spacial score (nSPS) is 16.9. The summed E-state index contributed by atoms with van der Waals surface area (Å²) in [6.07, 6.45) is 1.41. The number of aliphatic carboxylic acids is 1. The molecule has 0 aliphatic carbocycles. The van der Waals surface area contributed by atoms with Gasteiger partial charge in [0.15, 0.2) is 0 Å². The lowest BCUT2D eigenvalue weighted by Crippen LogP contribution is -2.30. The van der Waals surface area contributed by atoms with Crippen LogP contribution in [0.3, 0.4) is 0 Å². The number of carbonyl (C=O) groups excluding carboxylic acids is 1. The number of hydrogen-bond donors (Lipinski definition) is 1. The van der Waals surface area contributed by atoms with E-state index in [1.807, 2.05) is 0 Å². The van der Waals surface area contributed by atoms with E-state index in [2.05, 4.69) is 0 Å². The van der Waals surface area contributed by atoms with Gasteiger partial charge in [-0.2, -0.15) is 0 Å². The summed E-state index contributed by atoms with van der Waals surface area (Å²) in [5.74, 6) is -1.32. The maximum atomic E-state index is 12.2. The minimum absolute atomic E-state index is 0.0492. The Labute approximate surface area is 140 Å². The van der Waals surface area contributed by atoms with E-state index in [4.69, 9.17) is 40.5 Å². The van der Waals surface area contributed by atoms with Crippen LogP contribution >= 0.6 is 47.2 Å². The first-order valence-electron chi connectivity index (χ1n) is 5.81. The molecule has 4 nitrogen and oxygen atoms in total. The second kappa shape index (κ2) is 6.79. The van der Waals surface area contributed by atoms with Crippen molar-refractivity contribution in [3.8, 4) is 0 Å². The van der Waals surface area contributed by atoms with E-state index < -0.39 is 5.97 Å². The third kappa shape index (κ3) is 3.77. The van der Waals surface area contributed by atoms with Gasteiger partial charge in [0, 0.05) is 22.2 Å². The number of hydrogen-bond acceptors (Lipinski definition) is 4. The number of carboxylic acids is 1. The third-order valence-electron chi connectivity index (χ3n) is 2.70. The lowest BCUT2D eigenvalue weighted by Gasteiger charge is -2.12. The van der Waals surface area contributed by atoms with Gasteiger partial charge in [-0.1, -0.05) is 53.2 Å². The molecule has 1 heterocycles. The summed E-state index contributed by atoms with van der Waals surface area (Å²) >= 11 is 18.3. The Balaban J connectivity index is 2.26. The highest BCUT2D eigenvalue weighted by atomic mass is 35.5. The second-order valence-electron chi connectivity index (χ2n) is 4.11. The summed E-state index contributed by atoms with van der Waals surface area (Å²) in [6.45, 7) is 0.0492. The molecule has 0 saturated carbocycles. The van der Waals surface area contributed by atoms with Gasteiger partial charge in [0.1, 0.15) is 4.32 Å². The van der Waals surface area contributed by atoms with Gasteiger partial charge in [0.05, 0.1) is 11.3 Å². The fraction of sp³-hybridized carbons (Fsp3) is 0.154. The van der Waals surface area contributed by atoms with Crippen molar-refractivity contribution in [1.29, 1.82) is 0 Å². The average Bonchev–Trinajstić information content (AvgIpc) is 2.67. The number of carbonyl (C=O) groups is 2. The van der Waals surface area contributed by atoms with Crippen LogP contribution in [-0.2, 0) is 9.59 Å². The van der Waals surface area contributed by atoms with Crippen LogP contribution < -0.4 is 0 Å². The number of carboxylic acid groups (broad SMARTS) is 1.